The van der Waals surface area contributed by atoms with Crippen molar-refractivity contribution >= 4 is 23.7 Å². The van der Waals surface area contributed by atoms with E-state index in [9.17, 15) is 9.59 Å². The molecular weight excluding hydrogens is 346 g/mol. The molecule has 1 unspecified atom stereocenters. The summed E-state index contributed by atoms with van der Waals surface area (Å²) in [5, 5.41) is 4.75. The van der Waals surface area contributed by atoms with Crippen LogP contribution in [-0.2, 0) is 27.7 Å². The van der Waals surface area contributed by atoms with Crippen molar-refractivity contribution in [3.63, 3.8) is 0 Å². The Labute approximate surface area is 153 Å². The number of carbonyl (C=O) groups excluding carboxylic acids is 2. The number of likely N-dealkylation sites (tertiary alicyclic amines) is 1. The number of ether oxygens (including phenoxy) is 2. The minimum Gasteiger partial charge on any atom is -0.467 e. The fraction of sp³-hybridized carbons (Fsp3) is 0.706. The summed E-state index contributed by atoms with van der Waals surface area (Å²) in [6.07, 6.45) is 0.903. The Morgan fingerprint density at radius 1 is 1.36 bits per heavy atom. The predicted molar refractivity (Wildman–Crippen MR) is 93.6 cm³/mol. The van der Waals surface area contributed by atoms with Crippen LogP contribution in [0.4, 0.5) is 4.79 Å². The molecule has 1 atom stereocenters. The summed E-state index contributed by atoms with van der Waals surface area (Å²) in [6.45, 7) is 7.65. The average molecular weight is 372 g/mol. The van der Waals surface area contributed by atoms with Gasteiger partial charge in [-0.15, -0.1) is 0 Å². The second-order valence-electron chi connectivity index (χ2n) is 7.41. The van der Waals surface area contributed by atoms with Crippen molar-refractivity contribution < 1.29 is 19.1 Å². The number of halogens is 1. The molecule has 2 heterocycles. The molecule has 8 heteroatoms. The number of hydrogen-bond donors (Lipinski definition) is 0. The Bertz CT molecular complexity index is 680. The number of hydrogen-bond acceptors (Lipinski definition) is 5. The SMILES string of the molecule is COC(=O)C1(Cc2c(C)nn(C)c2Cl)CCCN1C(=O)OC(C)(C)C. The first-order valence-electron chi connectivity index (χ1n) is 8.29. The third-order valence-electron chi connectivity index (χ3n) is 4.41. The molecule has 0 aromatic carbocycles. The quantitative estimate of drug-likeness (QED) is 0.764. The maximum absolute atomic E-state index is 12.7. The molecule has 1 amide bonds. The Kier molecular flexibility index (Phi) is 5.37. The molecule has 0 saturated carbocycles. The van der Waals surface area contributed by atoms with Gasteiger partial charge in [-0.05, 0) is 40.5 Å². The number of nitrogens with zero attached hydrogens (tertiary/aromatic N) is 3. The van der Waals surface area contributed by atoms with E-state index >= 15 is 0 Å². The molecule has 7 nitrogen and oxygen atoms in total. The van der Waals surface area contributed by atoms with Gasteiger partial charge in [-0.3, -0.25) is 9.58 Å². The highest BCUT2D eigenvalue weighted by Crippen LogP contribution is 2.37. The van der Waals surface area contributed by atoms with Crippen molar-refractivity contribution in [3.8, 4) is 0 Å². The molecule has 0 bridgehead atoms. The van der Waals surface area contributed by atoms with Gasteiger partial charge in [0.15, 0.2) is 0 Å². The van der Waals surface area contributed by atoms with Crippen LogP contribution in [0.25, 0.3) is 0 Å². The van der Waals surface area contributed by atoms with Crippen molar-refractivity contribution in [1.29, 1.82) is 0 Å². The highest BCUT2D eigenvalue weighted by Gasteiger charge is 2.52. The number of aryl methyl sites for hydroxylation is 2. The zero-order chi connectivity index (χ0) is 19.0. The van der Waals surface area contributed by atoms with Crippen LogP contribution in [0.2, 0.25) is 5.15 Å². The van der Waals surface area contributed by atoms with Gasteiger partial charge in [0.2, 0.25) is 0 Å². The van der Waals surface area contributed by atoms with E-state index in [-0.39, 0.29) is 6.42 Å². The third-order valence-corrected chi connectivity index (χ3v) is 4.88. The molecule has 0 radical (unpaired) electrons. The molecule has 140 valence electrons. The lowest BCUT2D eigenvalue weighted by atomic mass is 9.88. The second kappa shape index (κ2) is 6.86. The molecule has 0 spiro atoms. The largest absolute Gasteiger partial charge is 0.467 e. The predicted octanol–water partition coefficient (Wildman–Crippen LogP) is 2.87. The topological polar surface area (TPSA) is 73.7 Å². The van der Waals surface area contributed by atoms with Gasteiger partial charge in [-0.2, -0.15) is 5.10 Å². The van der Waals surface area contributed by atoms with E-state index in [0.717, 1.165) is 11.3 Å². The molecule has 1 aromatic rings. The van der Waals surface area contributed by atoms with Crippen LogP contribution < -0.4 is 0 Å². The standard InChI is InChI=1S/C17H26ClN3O4/c1-11-12(13(18)20(5)19-11)10-17(14(22)24-6)8-7-9-21(17)15(23)25-16(2,3)4/h7-10H2,1-6H3. The molecule has 1 aliphatic heterocycles. The Balaban J connectivity index is 2.43. The summed E-state index contributed by atoms with van der Waals surface area (Å²) in [4.78, 5) is 26.9. The van der Waals surface area contributed by atoms with E-state index in [1.54, 1.807) is 32.5 Å². The number of aromatic nitrogens is 2. The van der Waals surface area contributed by atoms with E-state index in [2.05, 4.69) is 5.10 Å². The van der Waals surface area contributed by atoms with Gasteiger partial charge in [-0.1, -0.05) is 11.6 Å². The van der Waals surface area contributed by atoms with Gasteiger partial charge < -0.3 is 9.47 Å². The monoisotopic (exact) mass is 371 g/mol. The van der Waals surface area contributed by atoms with Gasteiger partial charge in [0.25, 0.3) is 0 Å². The van der Waals surface area contributed by atoms with Gasteiger partial charge >= 0.3 is 12.1 Å². The number of methoxy groups -OCH3 is 1. The minimum absolute atomic E-state index is 0.247. The van der Waals surface area contributed by atoms with E-state index in [1.807, 2.05) is 6.92 Å². The third kappa shape index (κ3) is 3.76. The summed E-state index contributed by atoms with van der Waals surface area (Å²) in [6, 6.07) is 0. The molecule has 1 fully saturated rings. The van der Waals surface area contributed by atoms with Crippen LogP contribution >= 0.6 is 11.6 Å². The maximum atomic E-state index is 12.7. The molecule has 0 aliphatic carbocycles. The first kappa shape index (κ1) is 19.6. The lowest BCUT2D eigenvalue weighted by Crippen LogP contribution is -2.56. The Morgan fingerprint density at radius 3 is 2.48 bits per heavy atom. The number of rotatable bonds is 3. The maximum Gasteiger partial charge on any atom is 0.411 e. The van der Waals surface area contributed by atoms with Crippen molar-refractivity contribution in [2.45, 2.75) is 58.1 Å². The smallest absolute Gasteiger partial charge is 0.411 e. The molecule has 1 aromatic heterocycles. The molecular formula is C17H26ClN3O4. The molecule has 2 rings (SSSR count). The molecule has 25 heavy (non-hydrogen) atoms. The minimum atomic E-state index is -1.13. The summed E-state index contributed by atoms with van der Waals surface area (Å²) < 4.78 is 12.1. The van der Waals surface area contributed by atoms with Crippen molar-refractivity contribution in [3.05, 3.63) is 16.4 Å². The number of esters is 1. The number of amides is 1. The second-order valence-corrected chi connectivity index (χ2v) is 7.77. The average Bonchev–Trinajstić information content (AvgIpc) is 3.03. The lowest BCUT2D eigenvalue weighted by Gasteiger charge is -2.36. The number of carbonyl (C=O) groups is 2. The van der Waals surface area contributed by atoms with Gasteiger partial charge in [0, 0.05) is 25.6 Å². The van der Waals surface area contributed by atoms with Crippen LogP contribution in [0.1, 0.15) is 44.9 Å². The van der Waals surface area contributed by atoms with Crippen LogP contribution in [-0.4, -0.2) is 51.5 Å². The summed E-state index contributed by atoms with van der Waals surface area (Å²) in [5.74, 6) is -0.463. The molecule has 1 saturated heterocycles. The first-order chi connectivity index (χ1) is 11.5. The summed E-state index contributed by atoms with van der Waals surface area (Å²) in [7, 11) is 3.07. The first-order valence-corrected chi connectivity index (χ1v) is 8.66. The van der Waals surface area contributed by atoms with E-state index in [0.29, 0.717) is 24.5 Å². The zero-order valence-corrected chi connectivity index (χ0v) is 16.4. The normalized spacial score (nSPS) is 20.7. The van der Waals surface area contributed by atoms with Crippen LogP contribution in [0, 0.1) is 6.92 Å². The van der Waals surface area contributed by atoms with Crippen molar-refractivity contribution in [1.82, 2.24) is 14.7 Å². The van der Waals surface area contributed by atoms with Gasteiger partial charge in [0.1, 0.15) is 16.3 Å². The van der Waals surface area contributed by atoms with Gasteiger partial charge in [0.05, 0.1) is 12.8 Å². The summed E-state index contributed by atoms with van der Waals surface area (Å²) >= 11 is 6.35. The van der Waals surface area contributed by atoms with Crippen molar-refractivity contribution in [2.75, 3.05) is 13.7 Å². The van der Waals surface area contributed by atoms with E-state index < -0.39 is 23.2 Å². The van der Waals surface area contributed by atoms with Crippen LogP contribution in [0.15, 0.2) is 0 Å². The fourth-order valence-electron chi connectivity index (χ4n) is 3.29. The Morgan fingerprint density at radius 2 is 2.00 bits per heavy atom. The Hall–Kier alpha value is -1.76. The van der Waals surface area contributed by atoms with Crippen molar-refractivity contribution in [2.24, 2.45) is 7.05 Å². The van der Waals surface area contributed by atoms with Crippen LogP contribution in [0.5, 0.6) is 0 Å². The summed E-state index contributed by atoms with van der Waals surface area (Å²) in [5.41, 5.74) is -0.311. The van der Waals surface area contributed by atoms with E-state index in [4.69, 9.17) is 21.1 Å². The van der Waals surface area contributed by atoms with E-state index in [1.165, 1.54) is 12.0 Å². The fourth-order valence-corrected chi connectivity index (χ4v) is 3.53. The zero-order valence-electron chi connectivity index (χ0n) is 15.7. The highest BCUT2D eigenvalue weighted by atomic mass is 35.5. The lowest BCUT2D eigenvalue weighted by molar-refractivity contribution is -0.153. The highest BCUT2D eigenvalue weighted by molar-refractivity contribution is 6.30. The van der Waals surface area contributed by atoms with Gasteiger partial charge in [-0.25, -0.2) is 9.59 Å². The molecule has 0 N–H and O–H groups in total. The molecule has 1 aliphatic rings. The van der Waals surface area contributed by atoms with Crippen LogP contribution in [0.3, 0.4) is 0 Å².